The molecule has 0 unspecified atom stereocenters. The minimum Gasteiger partial charge on any atom is -0.493 e. The van der Waals surface area contributed by atoms with E-state index in [-0.39, 0.29) is 11.2 Å². The first-order valence-corrected chi connectivity index (χ1v) is 11.1. The van der Waals surface area contributed by atoms with Crippen LogP contribution >= 0.6 is 11.8 Å². The molecule has 30 heavy (non-hydrogen) atoms. The van der Waals surface area contributed by atoms with Gasteiger partial charge in [-0.05, 0) is 30.7 Å². The molecule has 0 bridgehead atoms. The van der Waals surface area contributed by atoms with E-state index in [9.17, 15) is 4.79 Å². The number of nitrogens with zero attached hydrogens (tertiary/aromatic N) is 2. The summed E-state index contributed by atoms with van der Waals surface area (Å²) in [6, 6.07) is 16.1. The maximum atomic E-state index is 12.9. The van der Waals surface area contributed by atoms with Gasteiger partial charge < -0.3 is 14.4 Å². The summed E-state index contributed by atoms with van der Waals surface area (Å²) >= 11 is 1.55. The smallest absolute Gasteiger partial charge is 0.235 e. The van der Waals surface area contributed by atoms with Gasteiger partial charge in [0, 0.05) is 37.6 Å². The largest absolute Gasteiger partial charge is 0.493 e. The molecular weight excluding hydrogens is 396 g/mol. The van der Waals surface area contributed by atoms with Crippen molar-refractivity contribution in [3.05, 3.63) is 60.2 Å². The Morgan fingerprint density at radius 2 is 1.73 bits per heavy atom. The summed E-state index contributed by atoms with van der Waals surface area (Å²) in [5, 5.41) is -0.146. The molecule has 5 nitrogen and oxygen atoms in total. The fourth-order valence-corrected chi connectivity index (χ4v) is 4.43. The van der Waals surface area contributed by atoms with Crippen LogP contribution in [-0.2, 0) is 4.79 Å². The molecule has 1 atom stereocenters. The molecule has 160 valence electrons. The number of hydrogen-bond donors (Lipinski definition) is 0. The number of benzene rings is 2. The fourth-order valence-electron chi connectivity index (χ4n) is 3.45. The molecule has 0 radical (unpaired) electrons. The lowest BCUT2D eigenvalue weighted by atomic mass is 10.2. The van der Waals surface area contributed by atoms with E-state index < -0.39 is 0 Å². The van der Waals surface area contributed by atoms with Crippen molar-refractivity contribution >= 4 is 23.7 Å². The van der Waals surface area contributed by atoms with E-state index in [1.54, 1.807) is 26.0 Å². The predicted octanol–water partition coefficient (Wildman–Crippen LogP) is 4.04. The molecule has 3 rings (SSSR count). The van der Waals surface area contributed by atoms with Crippen molar-refractivity contribution in [3.63, 3.8) is 0 Å². The van der Waals surface area contributed by atoms with Crippen molar-refractivity contribution in [1.82, 2.24) is 9.80 Å². The van der Waals surface area contributed by atoms with Crippen molar-refractivity contribution in [2.24, 2.45) is 0 Å². The average Bonchev–Trinajstić information content (AvgIpc) is 2.79. The summed E-state index contributed by atoms with van der Waals surface area (Å²) in [4.78, 5) is 18.3. The highest BCUT2D eigenvalue weighted by molar-refractivity contribution is 8.00. The molecule has 0 N–H and O–H groups in total. The van der Waals surface area contributed by atoms with Crippen LogP contribution in [-0.4, -0.2) is 67.9 Å². The van der Waals surface area contributed by atoms with Gasteiger partial charge in [0.2, 0.25) is 5.91 Å². The molecule has 1 aliphatic rings. The van der Waals surface area contributed by atoms with Gasteiger partial charge in [-0.1, -0.05) is 42.5 Å². The maximum absolute atomic E-state index is 12.9. The normalized spacial score (nSPS) is 15.9. The molecule has 2 aromatic rings. The minimum absolute atomic E-state index is 0.146. The monoisotopic (exact) mass is 426 g/mol. The SMILES string of the molecule is COc1ccc(S[C@H](C)C(=O)N2CCN(C/C=C/c3ccccc3)CC2)cc1OC. The Labute approximate surface area is 183 Å². The quantitative estimate of drug-likeness (QED) is 0.596. The second-order valence-corrected chi connectivity index (χ2v) is 8.63. The molecule has 1 aliphatic heterocycles. The number of amides is 1. The van der Waals surface area contributed by atoms with Crippen molar-refractivity contribution in [1.29, 1.82) is 0 Å². The first kappa shape index (κ1) is 22.2. The molecule has 2 aromatic carbocycles. The standard InChI is InChI=1S/C24H30N2O3S/c1-19(30-21-11-12-22(28-2)23(18-21)29-3)24(27)26-16-14-25(15-17-26)13-7-10-20-8-5-4-6-9-20/h4-12,18-19H,13-17H2,1-3H3/b10-7+/t19-/m1/s1. The van der Waals surface area contributed by atoms with E-state index in [1.807, 2.05) is 48.2 Å². The first-order valence-electron chi connectivity index (χ1n) is 10.2. The molecule has 0 aliphatic carbocycles. The van der Waals surface area contributed by atoms with E-state index in [4.69, 9.17) is 9.47 Å². The highest BCUT2D eigenvalue weighted by Gasteiger charge is 2.25. The summed E-state index contributed by atoms with van der Waals surface area (Å²) in [5.41, 5.74) is 1.22. The van der Waals surface area contributed by atoms with Crippen LogP contribution in [0, 0.1) is 0 Å². The fraction of sp³-hybridized carbons (Fsp3) is 0.375. The van der Waals surface area contributed by atoms with Crippen LogP contribution in [0.3, 0.4) is 0 Å². The van der Waals surface area contributed by atoms with Crippen LogP contribution in [0.4, 0.5) is 0 Å². The second-order valence-electron chi connectivity index (χ2n) is 7.22. The summed E-state index contributed by atoms with van der Waals surface area (Å²) in [6.45, 7) is 6.23. The molecule has 0 saturated carbocycles. The lowest BCUT2D eigenvalue weighted by Crippen LogP contribution is -2.50. The van der Waals surface area contributed by atoms with Crippen molar-refractivity contribution < 1.29 is 14.3 Å². The number of thioether (sulfide) groups is 1. The van der Waals surface area contributed by atoms with E-state index in [1.165, 1.54) is 5.56 Å². The molecule has 6 heteroatoms. The zero-order chi connectivity index (χ0) is 21.3. The van der Waals surface area contributed by atoms with Crippen molar-refractivity contribution in [2.45, 2.75) is 17.1 Å². The Kier molecular flexibility index (Phi) is 8.22. The number of carbonyl (C=O) groups excluding carboxylic acids is 1. The van der Waals surface area contributed by atoms with Gasteiger partial charge in [-0.2, -0.15) is 0 Å². The Bertz CT molecular complexity index is 849. The zero-order valence-corrected chi connectivity index (χ0v) is 18.7. The molecule has 1 amide bonds. The van der Waals surface area contributed by atoms with E-state index in [0.29, 0.717) is 11.5 Å². The number of rotatable bonds is 8. The zero-order valence-electron chi connectivity index (χ0n) is 17.9. The van der Waals surface area contributed by atoms with E-state index >= 15 is 0 Å². The molecule has 1 heterocycles. The van der Waals surface area contributed by atoms with Crippen LogP contribution < -0.4 is 9.47 Å². The third-order valence-corrected chi connectivity index (χ3v) is 6.25. The molecular formula is C24H30N2O3S. The molecule has 1 fully saturated rings. The number of ether oxygens (including phenoxy) is 2. The predicted molar refractivity (Wildman–Crippen MR) is 123 cm³/mol. The average molecular weight is 427 g/mol. The van der Waals surface area contributed by atoms with Gasteiger partial charge in [-0.3, -0.25) is 9.69 Å². The number of piperazine rings is 1. The Balaban J connectivity index is 1.47. The molecule has 1 saturated heterocycles. The minimum atomic E-state index is -0.146. The van der Waals surface area contributed by atoms with Gasteiger partial charge in [0.15, 0.2) is 11.5 Å². The number of carbonyl (C=O) groups is 1. The Hall–Kier alpha value is -2.44. The lowest BCUT2D eigenvalue weighted by molar-refractivity contribution is -0.131. The topological polar surface area (TPSA) is 42.0 Å². The van der Waals surface area contributed by atoms with Crippen LogP contribution in [0.15, 0.2) is 59.5 Å². The van der Waals surface area contributed by atoms with Gasteiger partial charge in [-0.15, -0.1) is 11.8 Å². The maximum Gasteiger partial charge on any atom is 0.235 e. The van der Waals surface area contributed by atoms with Gasteiger partial charge in [0.1, 0.15) is 0 Å². The van der Waals surface area contributed by atoms with Crippen molar-refractivity contribution in [3.8, 4) is 11.5 Å². The van der Waals surface area contributed by atoms with Gasteiger partial charge in [0.25, 0.3) is 0 Å². The lowest BCUT2D eigenvalue weighted by Gasteiger charge is -2.35. The second kappa shape index (κ2) is 11.1. The van der Waals surface area contributed by atoms with E-state index in [0.717, 1.165) is 37.6 Å². The van der Waals surface area contributed by atoms with Crippen molar-refractivity contribution in [2.75, 3.05) is 46.9 Å². The van der Waals surface area contributed by atoms with Crippen LogP contribution in [0.5, 0.6) is 11.5 Å². The van der Waals surface area contributed by atoms with Crippen LogP contribution in [0.25, 0.3) is 6.08 Å². The van der Waals surface area contributed by atoms with Crippen LogP contribution in [0.1, 0.15) is 12.5 Å². The Morgan fingerprint density at radius 3 is 2.40 bits per heavy atom. The Morgan fingerprint density at radius 1 is 1.03 bits per heavy atom. The molecule has 0 aromatic heterocycles. The summed E-state index contributed by atoms with van der Waals surface area (Å²) < 4.78 is 10.6. The third kappa shape index (κ3) is 6.03. The van der Waals surface area contributed by atoms with Crippen LogP contribution in [0.2, 0.25) is 0 Å². The number of hydrogen-bond acceptors (Lipinski definition) is 5. The van der Waals surface area contributed by atoms with Gasteiger partial charge >= 0.3 is 0 Å². The first-order chi connectivity index (χ1) is 14.6. The third-order valence-electron chi connectivity index (χ3n) is 5.17. The summed E-state index contributed by atoms with van der Waals surface area (Å²) in [6.07, 6.45) is 4.35. The molecule has 0 spiro atoms. The highest BCUT2D eigenvalue weighted by atomic mass is 32.2. The van der Waals surface area contributed by atoms with Gasteiger partial charge in [-0.25, -0.2) is 0 Å². The summed E-state index contributed by atoms with van der Waals surface area (Å²) in [7, 11) is 3.24. The highest BCUT2D eigenvalue weighted by Crippen LogP contribution is 2.34. The summed E-state index contributed by atoms with van der Waals surface area (Å²) in [5.74, 6) is 1.56. The van der Waals surface area contributed by atoms with Gasteiger partial charge in [0.05, 0.1) is 19.5 Å². The number of methoxy groups -OCH3 is 2. The van der Waals surface area contributed by atoms with E-state index in [2.05, 4.69) is 29.2 Å².